The van der Waals surface area contributed by atoms with Crippen molar-refractivity contribution in [2.24, 2.45) is 0 Å². The van der Waals surface area contributed by atoms with Crippen molar-refractivity contribution in [1.82, 2.24) is 4.98 Å². The lowest BCUT2D eigenvalue weighted by Gasteiger charge is -2.15. The minimum atomic E-state index is -0.510. The lowest BCUT2D eigenvalue weighted by molar-refractivity contribution is 0.0518. The van der Waals surface area contributed by atoms with Gasteiger partial charge in [-0.15, -0.1) is 0 Å². The van der Waals surface area contributed by atoms with E-state index in [1.165, 1.54) is 6.20 Å². The van der Waals surface area contributed by atoms with Gasteiger partial charge in [-0.3, -0.25) is 4.98 Å². The van der Waals surface area contributed by atoms with Gasteiger partial charge in [0.25, 0.3) is 0 Å². The molecule has 0 aliphatic heterocycles. The molecule has 0 amide bonds. The Morgan fingerprint density at radius 2 is 1.76 bits per heavy atom. The molecule has 29 heavy (non-hydrogen) atoms. The average molecular weight is 413 g/mol. The summed E-state index contributed by atoms with van der Waals surface area (Å²) in [6.07, 6.45) is 1.46. The lowest BCUT2D eigenvalue weighted by atomic mass is 10.1. The van der Waals surface area contributed by atoms with E-state index in [2.05, 4.69) is 10.3 Å². The molecule has 0 atom stereocenters. The van der Waals surface area contributed by atoms with Crippen molar-refractivity contribution >= 4 is 45.8 Å². The summed E-state index contributed by atoms with van der Waals surface area (Å²) in [6.45, 7) is 5.88. The van der Waals surface area contributed by atoms with Gasteiger partial charge in [0.15, 0.2) is 0 Å². The SMILES string of the molecule is CCOC(=O)c1ccc2ncc(C(=O)OCC)c(Nc3ccc(C)c(Cl)c3)c2c1. The van der Waals surface area contributed by atoms with Gasteiger partial charge in [0.1, 0.15) is 5.56 Å². The van der Waals surface area contributed by atoms with E-state index in [0.717, 1.165) is 5.56 Å². The Hall–Kier alpha value is -3.12. The standard InChI is InChI=1S/C22H21ClN2O4/c1-4-28-21(26)14-7-9-19-16(10-14)20(17(12-24-19)22(27)29-5-2)25-15-8-6-13(3)18(23)11-15/h6-12H,4-5H2,1-3H3,(H,24,25). The van der Waals surface area contributed by atoms with Crippen LogP contribution in [0.25, 0.3) is 10.9 Å². The van der Waals surface area contributed by atoms with Crippen molar-refractivity contribution in [2.75, 3.05) is 18.5 Å². The van der Waals surface area contributed by atoms with E-state index in [-0.39, 0.29) is 18.8 Å². The van der Waals surface area contributed by atoms with Crippen molar-refractivity contribution in [3.63, 3.8) is 0 Å². The number of carbonyl (C=O) groups excluding carboxylic acids is 2. The summed E-state index contributed by atoms with van der Waals surface area (Å²) < 4.78 is 10.3. The summed E-state index contributed by atoms with van der Waals surface area (Å²) in [7, 11) is 0. The highest BCUT2D eigenvalue weighted by Gasteiger charge is 2.19. The van der Waals surface area contributed by atoms with Crippen LogP contribution >= 0.6 is 11.6 Å². The molecular formula is C22H21ClN2O4. The number of esters is 2. The fraction of sp³-hybridized carbons (Fsp3) is 0.227. The molecule has 3 rings (SSSR count). The van der Waals surface area contributed by atoms with E-state index < -0.39 is 11.9 Å². The van der Waals surface area contributed by atoms with E-state index in [9.17, 15) is 9.59 Å². The molecule has 0 bridgehead atoms. The van der Waals surface area contributed by atoms with E-state index >= 15 is 0 Å². The number of fused-ring (bicyclic) bond motifs is 1. The smallest absolute Gasteiger partial charge is 0.341 e. The van der Waals surface area contributed by atoms with Crippen LogP contribution in [0.1, 0.15) is 40.1 Å². The fourth-order valence-electron chi connectivity index (χ4n) is 2.85. The molecule has 1 N–H and O–H groups in total. The molecule has 0 spiro atoms. The van der Waals surface area contributed by atoms with E-state index in [1.807, 2.05) is 19.1 Å². The molecule has 1 aromatic heterocycles. The van der Waals surface area contributed by atoms with Crippen LogP contribution in [0, 0.1) is 6.92 Å². The number of ether oxygens (including phenoxy) is 2. The first-order valence-electron chi connectivity index (χ1n) is 9.24. The van der Waals surface area contributed by atoms with Crippen LogP contribution in [0.15, 0.2) is 42.6 Å². The molecule has 0 saturated carbocycles. The predicted molar refractivity (Wildman–Crippen MR) is 113 cm³/mol. The van der Waals surface area contributed by atoms with Crippen LogP contribution in [0.5, 0.6) is 0 Å². The number of aryl methyl sites for hydroxylation is 1. The first-order valence-corrected chi connectivity index (χ1v) is 9.62. The molecule has 150 valence electrons. The van der Waals surface area contributed by atoms with Crippen molar-refractivity contribution in [1.29, 1.82) is 0 Å². The van der Waals surface area contributed by atoms with Crippen LogP contribution in [-0.2, 0) is 9.47 Å². The Morgan fingerprint density at radius 1 is 1.03 bits per heavy atom. The van der Waals surface area contributed by atoms with E-state index in [0.29, 0.717) is 32.9 Å². The Labute approximate surface area is 173 Å². The quantitative estimate of drug-likeness (QED) is 0.554. The number of hydrogen-bond acceptors (Lipinski definition) is 6. The maximum Gasteiger partial charge on any atom is 0.341 e. The number of benzene rings is 2. The maximum atomic E-state index is 12.5. The number of anilines is 2. The van der Waals surface area contributed by atoms with Gasteiger partial charge in [0.2, 0.25) is 0 Å². The van der Waals surface area contributed by atoms with Gasteiger partial charge in [-0.2, -0.15) is 0 Å². The largest absolute Gasteiger partial charge is 0.462 e. The molecule has 7 heteroatoms. The highest BCUT2D eigenvalue weighted by Crippen LogP contribution is 2.32. The zero-order chi connectivity index (χ0) is 21.0. The number of carbonyl (C=O) groups is 2. The van der Waals surface area contributed by atoms with Crippen LogP contribution < -0.4 is 5.32 Å². The number of halogens is 1. The summed E-state index contributed by atoms with van der Waals surface area (Å²) in [5, 5.41) is 4.43. The predicted octanol–water partition coefficient (Wildman–Crippen LogP) is 5.29. The monoisotopic (exact) mass is 412 g/mol. The number of rotatable bonds is 6. The molecule has 0 fully saturated rings. The third-order valence-electron chi connectivity index (χ3n) is 4.32. The highest BCUT2D eigenvalue weighted by atomic mass is 35.5. The van der Waals surface area contributed by atoms with Crippen LogP contribution in [0.4, 0.5) is 11.4 Å². The summed E-state index contributed by atoms with van der Waals surface area (Å²) >= 11 is 6.25. The molecule has 0 aliphatic rings. The van der Waals surface area contributed by atoms with Crippen LogP contribution in [0.3, 0.4) is 0 Å². The topological polar surface area (TPSA) is 77.5 Å². The van der Waals surface area contributed by atoms with E-state index in [4.69, 9.17) is 21.1 Å². The third-order valence-corrected chi connectivity index (χ3v) is 4.72. The third kappa shape index (κ3) is 4.49. The van der Waals surface area contributed by atoms with Crippen LogP contribution in [0.2, 0.25) is 5.02 Å². The first kappa shape index (κ1) is 20.6. The Morgan fingerprint density at radius 3 is 2.45 bits per heavy atom. The van der Waals surface area contributed by atoms with E-state index in [1.54, 1.807) is 38.1 Å². The minimum absolute atomic E-state index is 0.232. The van der Waals surface area contributed by atoms with Crippen LogP contribution in [-0.4, -0.2) is 30.1 Å². The second kappa shape index (κ2) is 8.92. The summed E-state index contributed by atoms with van der Waals surface area (Å²) in [5.74, 6) is -0.954. The normalized spacial score (nSPS) is 10.6. The number of pyridine rings is 1. The number of hydrogen-bond donors (Lipinski definition) is 1. The number of aromatic nitrogens is 1. The van der Waals surface area contributed by atoms with Gasteiger partial charge in [0, 0.05) is 22.3 Å². The zero-order valence-electron chi connectivity index (χ0n) is 16.4. The van der Waals surface area contributed by atoms with Crippen molar-refractivity contribution in [2.45, 2.75) is 20.8 Å². The first-order chi connectivity index (χ1) is 13.9. The van der Waals surface area contributed by atoms with Gasteiger partial charge in [0.05, 0.1) is 30.0 Å². The van der Waals surface area contributed by atoms with Crippen molar-refractivity contribution in [3.05, 3.63) is 64.3 Å². The Kier molecular flexibility index (Phi) is 6.34. The molecule has 0 saturated heterocycles. The molecule has 2 aromatic carbocycles. The average Bonchev–Trinajstić information content (AvgIpc) is 2.71. The minimum Gasteiger partial charge on any atom is -0.462 e. The summed E-state index contributed by atoms with van der Waals surface area (Å²) in [4.78, 5) is 29.1. The molecule has 3 aromatic rings. The highest BCUT2D eigenvalue weighted by molar-refractivity contribution is 6.31. The molecule has 1 heterocycles. The maximum absolute atomic E-state index is 12.5. The Balaban J connectivity index is 2.18. The zero-order valence-corrected chi connectivity index (χ0v) is 17.2. The number of nitrogens with zero attached hydrogens (tertiary/aromatic N) is 1. The second-order valence-corrected chi connectivity index (χ2v) is 6.72. The summed E-state index contributed by atoms with van der Waals surface area (Å²) in [5.41, 5.74) is 3.36. The number of nitrogens with one attached hydrogen (secondary N) is 1. The molecular weight excluding hydrogens is 392 g/mol. The van der Waals surface area contributed by atoms with Gasteiger partial charge < -0.3 is 14.8 Å². The second-order valence-electron chi connectivity index (χ2n) is 6.31. The Bertz CT molecular complexity index is 1080. The molecule has 6 nitrogen and oxygen atoms in total. The van der Waals surface area contributed by atoms with Gasteiger partial charge in [-0.25, -0.2) is 9.59 Å². The fourth-order valence-corrected chi connectivity index (χ4v) is 3.03. The molecule has 0 aliphatic carbocycles. The van der Waals surface area contributed by atoms with Gasteiger partial charge in [-0.1, -0.05) is 17.7 Å². The molecule has 0 radical (unpaired) electrons. The summed E-state index contributed by atoms with van der Waals surface area (Å²) in [6, 6.07) is 10.5. The van der Waals surface area contributed by atoms with Crippen molar-refractivity contribution in [3.8, 4) is 0 Å². The molecule has 0 unspecified atom stereocenters. The lowest BCUT2D eigenvalue weighted by Crippen LogP contribution is -2.10. The van der Waals surface area contributed by atoms with Gasteiger partial charge in [-0.05, 0) is 56.7 Å². The van der Waals surface area contributed by atoms with Crippen molar-refractivity contribution < 1.29 is 19.1 Å². The van der Waals surface area contributed by atoms with Gasteiger partial charge >= 0.3 is 11.9 Å².